The highest BCUT2D eigenvalue weighted by Gasteiger charge is 2.18. The van der Waals surface area contributed by atoms with Crippen LogP contribution in [-0.4, -0.2) is 17.0 Å². The van der Waals surface area contributed by atoms with Gasteiger partial charge in [-0.3, -0.25) is 14.9 Å². The minimum absolute atomic E-state index is 0.0656. The molecule has 7 nitrogen and oxygen atoms in total. The number of hydrazone groups is 1. The number of carbonyl (C=O) groups excluding carboxylic acids is 1. The van der Waals surface area contributed by atoms with Gasteiger partial charge in [0.2, 0.25) is 0 Å². The summed E-state index contributed by atoms with van der Waals surface area (Å²) in [6.45, 7) is 0.317. The first kappa shape index (κ1) is 21.5. The van der Waals surface area contributed by atoms with Gasteiger partial charge >= 0.3 is 0 Å². The van der Waals surface area contributed by atoms with Gasteiger partial charge in [-0.15, -0.1) is 0 Å². The van der Waals surface area contributed by atoms with E-state index in [0.717, 1.165) is 5.56 Å². The maximum Gasteiger partial charge on any atom is 0.282 e. The molecule has 0 bridgehead atoms. The highest BCUT2D eigenvalue weighted by molar-refractivity contribution is 9.10. The largest absolute Gasteiger partial charge is 0.488 e. The Labute approximate surface area is 185 Å². The molecule has 1 amide bonds. The SMILES string of the molecule is O=C(N/N=C\c1ccc(OCc2ccccc2Cl)c(Br)c1)c1ccccc1[N+](=O)[O-]. The van der Waals surface area contributed by atoms with E-state index in [4.69, 9.17) is 16.3 Å². The van der Waals surface area contributed by atoms with Crippen LogP contribution < -0.4 is 10.2 Å². The molecule has 0 aromatic heterocycles. The monoisotopic (exact) mass is 487 g/mol. The second kappa shape index (κ2) is 10.00. The van der Waals surface area contributed by atoms with E-state index in [0.29, 0.717) is 27.4 Å². The highest BCUT2D eigenvalue weighted by Crippen LogP contribution is 2.27. The van der Waals surface area contributed by atoms with Gasteiger partial charge in [0, 0.05) is 16.7 Å². The molecular weight excluding hydrogens is 474 g/mol. The van der Waals surface area contributed by atoms with Crippen molar-refractivity contribution < 1.29 is 14.5 Å². The number of benzene rings is 3. The summed E-state index contributed by atoms with van der Waals surface area (Å²) in [5.74, 6) is -0.0478. The van der Waals surface area contributed by atoms with E-state index < -0.39 is 10.8 Å². The van der Waals surface area contributed by atoms with Crippen molar-refractivity contribution in [2.45, 2.75) is 6.61 Å². The first-order valence-electron chi connectivity index (χ1n) is 8.68. The lowest BCUT2D eigenvalue weighted by atomic mass is 10.2. The quantitative estimate of drug-likeness (QED) is 0.275. The second-order valence-electron chi connectivity index (χ2n) is 6.04. The second-order valence-corrected chi connectivity index (χ2v) is 7.30. The van der Waals surface area contributed by atoms with Crippen LogP contribution in [0.1, 0.15) is 21.5 Å². The molecule has 3 aromatic carbocycles. The average molecular weight is 489 g/mol. The van der Waals surface area contributed by atoms with Crippen molar-refractivity contribution in [1.82, 2.24) is 5.43 Å². The Morgan fingerprint density at radius 1 is 1.17 bits per heavy atom. The van der Waals surface area contributed by atoms with Crippen molar-refractivity contribution in [3.8, 4) is 5.75 Å². The van der Waals surface area contributed by atoms with Gasteiger partial charge in [0.15, 0.2) is 0 Å². The van der Waals surface area contributed by atoms with Crippen LogP contribution in [0.25, 0.3) is 0 Å². The van der Waals surface area contributed by atoms with E-state index in [9.17, 15) is 14.9 Å². The molecule has 0 spiro atoms. The lowest BCUT2D eigenvalue weighted by Crippen LogP contribution is -2.18. The number of ether oxygens (including phenoxy) is 1. The number of nitro groups is 1. The van der Waals surface area contributed by atoms with Crippen LogP contribution in [0.3, 0.4) is 0 Å². The molecule has 0 atom stereocenters. The summed E-state index contributed by atoms with van der Waals surface area (Å²) in [6, 6.07) is 18.4. The Hall–Kier alpha value is -3.23. The van der Waals surface area contributed by atoms with Gasteiger partial charge in [-0.1, -0.05) is 41.9 Å². The van der Waals surface area contributed by atoms with E-state index in [1.807, 2.05) is 18.2 Å². The van der Waals surface area contributed by atoms with Crippen molar-refractivity contribution in [3.63, 3.8) is 0 Å². The summed E-state index contributed by atoms with van der Waals surface area (Å²) in [4.78, 5) is 22.6. The van der Waals surface area contributed by atoms with E-state index >= 15 is 0 Å². The van der Waals surface area contributed by atoms with Gasteiger partial charge < -0.3 is 4.74 Å². The van der Waals surface area contributed by atoms with Crippen LogP contribution in [0, 0.1) is 10.1 Å². The zero-order valence-corrected chi connectivity index (χ0v) is 17.8. The molecule has 30 heavy (non-hydrogen) atoms. The number of nitrogens with one attached hydrogen (secondary N) is 1. The van der Waals surface area contributed by atoms with Gasteiger partial charge in [0.25, 0.3) is 11.6 Å². The summed E-state index contributed by atoms with van der Waals surface area (Å²) in [7, 11) is 0. The summed E-state index contributed by atoms with van der Waals surface area (Å²) in [5.41, 5.74) is 3.50. The third-order valence-corrected chi connectivity index (χ3v) is 5.01. The molecule has 0 aliphatic rings. The molecule has 0 saturated carbocycles. The van der Waals surface area contributed by atoms with Gasteiger partial charge in [0.1, 0.15) is 17.9 Å². The van der Waals surface area contributed by atoms with Crippen molar-refractivity contribution in [3.05, 3.63) is 103 Å². The number of nitrogens with zero attached hydrogens (tertiary/aromatic N) is 2. The summed E-state index contributed by atoms with van der Waals surface area (Å²) in [6.07, 6.45) is 1.43. The Morgan fingerprint density at radius 3 is 2.63 bits per heavy atom. The normalized spacial score (nSPS) is 10.7. The lowest BCUT2D eigenvalue weighted by Gasteiger charge is -2.10. The molecule has 9 heteroatoms. The molecular formula is C21H15BrClN3O4. The molecule has 0 saturated heterocycles. The lowest BCUT2D eigenvalue weighted by molar-refractivity contribution is -0.385. The maximum absolute atomic E-state index is 12.2. The van der Waals surface area contributed by atoms with Crippen molar-refractivity contribution in [2.75, 3.05) is 0 Å². The summed E-state index contributed by atoms with van der Waals surface area (Å²) in [5, 5.41) is 15.5. The smallest absolute Gasteiger partial charge is 0.282 e. The number of rotatable bonds is 7. The Kier molecular flexibility index (Phi) is 7.16. The number of hydrogen-bond donors (Lipinski definition) is 1. The van der Waals surface area contributed by atoms with Crippen LogP contribution >= 0.6 is 27.5 Å². The average Bonchev–Trinajstić information content (AvgIpc) is 2.74. The van der Waals surface area contributed by atoms with E-state index in [-0.39, 0.29) is 11.3 Å². The van der Waals surface area contributed by atoms with Crippen molar-refractivity contribution in [1.29, 1.82) is 0 Å². The van der Waals surface area contributed by atoms with Gasteiger partial charge in [0.05, 0.1) is 15.6 Å². The zero-order chi connectivity index (χ0) is 21.5. The fourth-order valence-electron chi connectivity index (χ4n) is 2.54. The van der Waals surface area contributed by atoms with Crippen LogP contribution in [0.4, 0.5) is 5.69 Å². The van der Waals surface area contributed by atoms with Crippen LogP contribution in [-0.2, 0) is 6.61 Å². The van der Waals surface area contributed by atoms with Crippen LogP contribution in [0.15, 0.2) is 76.3 Å². The van der Waals surface area contributed by atoms with Gasteiger partial charge in [-0.25, -0.2) is 5.43 Å². The number of amides is 1. The number of hydrogen-bond acceptors (Lipinski definition) is 5. The Bertz CT molecular complexity index is 1120. The van der Waals surface area contributed by atoms with E-state index in [2.05, 4.69) is 26.5 Å². The predicted molar refractivity (Wildman–Crippen MR) is 118 cm³/mol. The Balaban J connectivity index is 1.63. The Morgan fingerprint density at radius 2 is 1.90 bits per heavy atom. The first-order chi connectivity index (χ1) is 14.5. The zero-order valence-electron chi connectivity index (χ0n) is 15.4. The fourth-order valence-corrected chi connectivity index (χ4v) is 3.24. The molecule has 0 unspecified atom stereocenters. The third-order valence-electron chi connectivity index (χ3n) is 4.02. The number of carbonyl (C=O) groups is 1. The van der Waals surface area contributed by atoms with Crippen molar-refractivity contribution >= 4 is 45.3 Å². The van der Waals surface area contributed by atoms with Crippen molar-refractivity contribution in [2.24, 2.45) is 5.10 Å². The molecule has 0 aliphatic heterocycles. The maximum atomic E-state index is 12.2. The topological polar surface area (TPSA) is 93.8 Å². The highest BCUT2D eigenvalue weighted by atomic mass is 79.9. The molecule has 0 heterocycles. The fraction of sp³-hybridized carbons (Fsp3) is 0.0476. The van der Waals surface area contributed by atoms with Gasteiger partial charge in [-0.05, 0) is 51.8 Å². The third kappa shape index (κ3) is 5.43. The van der Waals surface area contributed by atoms with Crippen LogP contribution in [0.2, 0.25) is 5.02 Å². The predicted octanol–water partition coefficient (Wildman–Crippen LogP) is 5.35. The molecule has 3 aromatic rings. The van der Waals surface area contributed by atoms with Crippen LogP contribution in [0.5, 0.6) is 5.75 Å². The standard InChI is InChI=1S/C21H15BrClN3O4/c22-17-11-14(9-10-20(17)30-13-15-5-1-3-7-18(15)23)12-24-25-21(27)16-6-2-4-8-19(16)26(28)29/h1-12H,13H2,(H,25,27)/b24-12-. The molecule has 0 fully saturated rings. The van der Waals surface area contributed by atoms with E-state index in [1.54, 1.807) is 30.3 Å². The summed E-state index contributed by atoms with van der Waals surface area (Å²) < 4.78 is 6.48. The number of para-hydroxylation sites is 1. The number of nitro benzene ring substituents is 1. The molecule has 0 aliphatic carbocycles. The first-order valence-corrected chi connectivity index (χ1v) is 9.85. The molecule has 3 rings (SSSR count). The molecule has 1 N–H and O–H groups in total. The van der Waals surface area contributed by atoms with Gasteiger partial charge in [-0.2, -0.15) is 5.10 Å². The number of halogens is 2. The minimum Gasteiger partial charge on any atom is -0.488 e. The molecule has 0 radical (unpaired) electrons. The summed E-state index contributed by atoms with van der Waals surface area (Å²) >= 11 is 9.57. The molecule has 152 valence electrons. The minimum atomic E-state index is -0.669. The van der Waals surface area contributed by atoms with E-state index in [1.165, 1.54) is 24.4 Å².